The fraction of sp³-hybridized carbons (Fsp3) is 0.821. The van der Waals surface area contributed by atoms with E-state index in [0.717, 1.165) is 9.80 Å². The first-order chi connectivity index (χ1) is 26.6. The molecule has 59 heavy (non-hydrogen) atoms. The molecule has 1 fully saturated rings. The number of rotatable bonds is 26. The van der Waals surface area contributed by atoms with E-state index in [-0.39, 0.29) is 83.3 Å². The SMILES string of the molecule is C=C(C)C(=O)OCCCN(CP(=O)(O)O)CP(=O)(O)O.CCC(CC(C)C(=O)OCCCN1CP(=O)(O)CP(=O)(O)C1)C(=O)OCCCN(CP(=O)(O)O)CP(=O)(O)O. The zero-order chi connectivity index (χ0) is 46.0. The molecule has 0 bridgehead atoms. The molecule has 4 atom stereocenters. The number of carbonyl (C=O) groups excluding carboxylic acids is 3. The van der Waals surface area contributed by atoms with Gasteiger partial charge in [0, 0.05) is 25.2 Å². The quantitative estimate of drug-likeness (QED) is 0.0192. The molecule has 10 N–H and O–H groups in total. The van der Waals surface area contributed by atoms with Crippen LogP contribution >= 0.6 is 45.1 Å². The number of ether oxygens (including phenoxy) is 3. The number of nitrogens with zero attached hydrogens (tertiary/aromatic N) is 3. The van der Waals surface area contributed by atoms with Crippen LogP contribution in [0, 0.1) is 11.8 Å². The summed E-state index contributed by atoms with van der Waals surface area (Å²) in [6, 6.07) is 0. The maximum atomic E-state index is 12.4. The predicted molar refractivity (Wildman–Crippen MR) is 211 cm³/mol. The van der Waals surface area contributed by atoms with Crippen LogP contribution in [0.5, 0.6) is 0 Å². The van der Waals surface area contributed by atoms with E-state index in [1.54, 1.807) is 13.8 Å². The Labute approximate surface area is 342 Å². The Balaban J connectivity index is 0.00000141. The summed E-state index contributed by atoms with van der Waals surface area (Å²) in [5, 5.41) is 0. The highest BCUT2D eigenvalue weighted by Crippen LogP contribution is 2.61. The Hall–Kier alpha value is -0.990. The lowest BCUT2D eigenvalue weighted by Crippen LogP contribution is -2.33. The van der Waals surface area contributed by atoms with Gasteiger partial charge < -0.3 is 63.1 Å². The van der Waals surface area contributed by atoms with Crippen molar-refractivity contribution in [1.29, 1.82) is 0 Å². The molecule has 0 amide bonds. The molecule has 1 aliphatic rings. The van der Waals surface area contributed by atoms with Gasteiger partial charge in [-0.1, -0.05) is 20.4 Å². The Morgan fingerprint density at radius 1 is 0.695 bits per heavy atom. The van der Waals surface area contributed by atoms with Crippen LogP contribution < -0.4 is 0 Å². The van der Waals surface area contributed by atoms with Crippen LogP contribution in [0.25, 0.3) is 0 Å². The standard InChI is InChI=1S/C19H40N2O14P4.C9H19NO8P2/c1-3-17(19(23)35-9-5-7-21(13-38(28,29)30)14-39(31,32)33)10-16(2)18(22)34-8-4-6-20-11-36(24,25)15-37(26,27)12-20;1-8(2)9(11)18-5-3-4-10(6-19(12,13)14)7-20(15,16)17/h16-17H,3-15H2,1-2H3,(H,24,25)(H,26,27)(H2,28,29,30)(H2,31,32,33);1,3-7H2,2H3,(H2,12,13,14)(H2,15,16,17). The summed E-state index contributed by atoms with van der Waals surface area (Å²) >= 11 is 0. The third-order valence-electron chi connectivity index (χ3n) is 7.61. The molecule has 1 saturated heterocycles. The molecule has 4 unspecified atom stereocenters. The molecular weight excluding hydrogens is 916 g/mol. The number of carbonyl (C=O) groups is 3. The fourth-order valence-corrected chi connectivity index (χ4v) is 14.1. The van der Waals surface area contributed by atoms with Gasteiger partial charge in [0.1, 0.15) is 31.0 Å². The molecule has 0 saturated carbocycles. The Bertz CT molecular complexity index is 1600. The molecular formula is C28H59N3O22P6. The third kappa shape index (κ3) is 31.5. The summed E-state index contributed by atoms with van der Waals surface area (Å²) in [5.74, 6) is -3.65. The van der Waals surface area contributed by atoms with Gasteiger partial charge in [-0.25, -0.2) is 4.79 Å². The smallest absolute Gasteiger partial charge is 0.339 e. The summed E-state index contributed by atoms with van der Waals surface area (Å²) in [4.78, 5) is 130. The molecule has 0 aromatic rings. The predicted octanol–water partition coefficient (Wildman–Crippen LogP) is 1.27. The first-order valence-corrected chi connectivity index (χ1v) is 29.0. The highest BCUT2D eigenvalue weighted by atomic mass is 31.2. The van der Waals surface area contributed by atoms with Crippen molar-refractivity contribution in [3.8, 4) is 0 Å². The zero-order valence-electron chi connectivity index (χ0n) is 33.0. The highest BCUT2D eigenvalue weighted by molar-refractivity contribution is 7.75. The third-order valence-corrected chi connectivity index (χ3v) is 15.9. The molecule has 0 radical (unpaired) electrons. The minimum Gasteiger partial charge on any atom is -0.465 e. The highest BCUT2D eigenvalue weighted by Gasteiger charge is 2.40. The van der Waals surface area contributed by atoms with E-state index >= 15 is 0 Å². The van der Waals surface area contributed by atoms with E-state index in [2.05, 4.69) is 6.58 Å². The lowest BCUT2D eigenvalue weighted by molar-refractivity contribution is -0.152. The lowest BCUT2D eigenvalue weighted by atomic mass is 9.94. The maximum absolute atomic E-state index is 12.4. The second kappa shape index (κ2) is 26.0. The van der Waals surface area contributed by atoms with Gasteiger partial charge in [0.2, 0.25) is 14.7 Å². The summed E-state index contributed by atoms with van der Waals surface area (Å²) in [6.07, 6.45) is -2.65. The van der Waals surface area contributed by atoms with Crippen molar-refractivity contribution < 1.29 is 105 Å². The van der Waals surface area contributed by atoms with E-state index < -0.39 is 106 Å². The van der Waals surface area contributed by atoms with Crippen molar-refractivity contribution in [2.24, 2.45) is 11.8 Å². The van der Waals surface area contributed by atoms with Crippen LogP contribution in [0.3, 0.4) is 0 Å². The first-order valence-electron chi connectivity index (χ1n) is 17.8. The average Bonchev–Trinajstić information content (AvgIpc) is 3.01. The van der Waals surface area contributed by atoms with E-state index in [1.807, 2.05) is 0 Å². The Morgan fingerprint density at radius 2 is 1.07 bits per heavy atom. The van der Waals surface area contributed by atoms with E-state index in [9.17, 15) is 51.6 Å². The van der Waals surface area contributed by atoms with Gasteiger partial charge in [-0.2, -0.15) is 0 Å². The van der Waals surface area contributed by atoms with Crippen molar-refractivity contribution in [2.75, 3.05) is 83.1 Å². The van der Waals surface area contributed by atoms with Crippen LogP contribution in [-0.4, -0.2) is 165 Å². The molecule has 0 spiro atoms. The molecule has 25 nitrogen and oxygen atoms in total. The van der Waals surface area contributed by atoms with Crippen LogP contribution in [0.4, 0.5) is 0 Å². The fourth-order valence-electron chi connectivity index (χ4n) is 5.37. The van der Waals surface area contributed by atoms with Gasteiger partial charge in [-0.05, 0) is 39.0 Å². The molecule has 1 aliphatic heterocycles. The molecule has 1 heterocycles. The van der Waals surface area contributed by atoms with Gasteiger partial charge in [0.15, 0.2) is 0 Å². The second-order valence-electron chi connectivity index (χ2n) is 14.1. The Kier molecular flexibility index (Phi) is 25.5. The zero-order valence-corrected chi connectivity index (χ0v) is 38.4. The van der Waals surface area contributed by atoms with Crippen molar-refractivity contribution in [2.45, 2.75) is 52.9 Å². The maximum Gasteiger partial charge on any atom is 0.339 e. The van der Waals surface area contributed by atoms with Gasteiger partial charge in [0.25, 0.3) is 0 Å². The summed E-state index contributed by atoms with van der Waals surface area (Å²) < 4.78 is 83.0. The number of hydrogen-bond acceptors (Lipinski definition) is 15. The normalized spacial score (nSPS) is 20.3. The van der Waals surface area contributed by atoms with E-state index in [0.29, 0.717) is 6.42 Å². The van der Waals surface area contributed by atoms with Crippen molar-refractivity contribution in [3.63, 3.8) is 0 Å². The summed E-state index contributed by atoms with van der Waals surface area (Å²) in [5.41, 5.74) is 0.215. The van der Waals surface area contributed by atoms with Crippen LogP contribution in [-0.2, 0) is 56.0 Å². The van der Waals surface area contributed by atoms with Gasteiger partial charge in [0.05, 0.1) is 44.2 Å². The molecule has 0 aromatic carbocycles. The van der Waals surface area contributed by atoms with Gasteiger partial charge in [-0.15, -0.1) is 0 Å². The van der Waals surface area contributed by atoms with E-state index in [4.69, 9.17) is 53.4 Å². The Morgan fingerprint density at radius 3 is 1.44 bits per heavy atom. The number of hydrogen-bond donors (Lipinski definition) is 10. The average molecular weight is 976 g/mol. The van der Waals surface area contributed by atoms with Crippen LogP contribution in [0.1, 0.15) is 52.9 Å². The molecule has 31 heteroatoms. The second-order valence-corrected chi connectivity index (χ2v) is 25.6. The van der Waals surface area contributed by atoms with Crippen LogP contribution in [0.15, 0.2) is 12.2 Å². The largest absolute Gasteiger partial charge is 0.465 e. The molecule has 348 valence electrons. The van der Waals surface area contributed by atoms with E-state index in [1.165, 1.54) is 11.8 Å². The molecule has 1 rings (SSSR count). The summed E-state index contributed by atoms with van der Waals surface area (Å²) in [7, 11) is -25.4. The first kappa shape index (κ1) is 58.0. The topological polar surface area (TPSA) is 393 Å². The van der Waals surface area contributed by atoms with Crippen molar-refractivity contribution in [3.05, 3.63) is 12.2 Å². The molecule has 0 aromatic heterocycles. The lowest BCUT2D eigenvalue weighted by Gasteiger charge is -2.32. The minimum atomic E-state index is -4.56. The summed E-state index contributed by atoms with van der Waals surface area (Å²) in [6.45, 7) is 7.96. The molecule has 0 aliphatic carbocycles. The van der Waals surface area contributed by atoms with Gasteiger partial charge >= 0.3 is 48.3 Å². The van der Waals surface area contributed by atoms with Crippen molar-refractivity contribution >= 4 is 63.0 Å². The van der Waals surface area contributed by atoms with Crippen LogP contribution in [0.2, 0.25) is 0 Å². The van der Waals surface area contributed by atoms with Gasteiger partial charge in [-0.3, -0.25) is 51.7 Å². The number of esters is 3. The monoisotopic (exact) mass is 975 g/mol. The minimum absolute atomic E-state index is 0.0217. The van der Waals surface area contributed by atoms with Crippen molar-refractivity contribution in [1.82, 2.24) is 14.7 Å².